The molecule has 0 aromatic carbocycles. The summed E-state index contributed by atoms with van der Waals surface area (Å²) in [4.78, 5) is 23.1. The lowest BCUT2D eigenvalue weighted by atomic mass is 9.44. The van der Waals surface area contributed by atoms with E-state index in [4.69, 9.17) is 9.47 Å². The van der Waals surface area contributed by atoms with Gasteiger partial charge in [-0.2, -0.15) is 0 Å². The second-order valence-electron chi connectivity index (χ2n) is 10.6. The summed E-state index contributed by atoms with van der Waals surface area (Å²) in [5.41, 5.74) is 1.68. The van der Waals surface area contributed by atoms with Gasteiger partial charge in [-0.05, 0) is 80.5 Å². The van der Waals surface area contributed by atoms with Gasteiger partial charge in [0.05, 0.1) is 0 Å². The fraction of sp³-hybridized carbons (Fsp3) is 0.833. The largest absolute Gasteiger partial charge is 0.463 e. The summed E-state index contributed by atoms with van der Waals surface area (Å²) in [6.45, 7) is 12.5. The van der Waals surface area contributed by atoms with Crippen molar-refractivity contribution in [3.8, 4) is 0 Å². The molecule has 4 saturated carbocycles. The van der Waals surface area contributed by atoms with E-state index in [9.17, 15) is 9.59 Å². The zero-order valence-electron chi connectivity index (χ0n) is 18.0. The number of carbonyl (C=O) groups excluding carboxylic acids is 2. The van der Waals surface area contributed by atoms with Gasteiger partial charge in [-0.3, -0.25) is 9.59 Å². The fourth-order valence-electron chi connectivity index (χ4n) is 8.00. The van der Waals surface area contributed by atoms with Gasteiger partial charge in [0.1, 0.15) is 12.2 Å². The molecule has 0 aliphatic heterocycles. The summed E-state index contributed by atoms with van der Waals surface area (Å²) in [5, 5.41) is 0. The highest BCUT2D eigenvalue weighted by Gasteiger charge is 2.62. The van der Waals surface area contributed by atoms with E-state index < -0.39 is 0 Å². The van der Waals surface area contributed by atoms with Crippen LogP contribution in [0.3, 0.4) is 0 Å². The van der Waals surface area contributed by atoms with E-state index in [0.29, 0.717) is 23.7 Å². The van der Waals surface area contributed by atoms with Crippen molar-refractivity contribution in [1.29, 1.82) is 0 Å². The van der Waals surface area contributed by atoms with Crippen LogP contribution in [0, 0.1) is 34.5 Å². The number of ether oxygens (including phenoxy) is 2. The molecule has 4 heteroatoms. The van der Waals surface area contributed by atoms with Crippen molar-refractivity contribution in [3.05, 3.63) is 12.2 Å². The van der Waals surface area contributed by atoms with Crippen molar-refractivity contribution in [3.63, 3.8) is 0 Å². The first-order chi connectivity index (χ1) is 13.1. The summed E-state index contributed by atoms with van der Waals surface area (Å²) in [6.07, 6.45) is 8.81. The third-order valence-electron chi connectivity index (χ3n) is 9.00. The number of hydrogen-bond acceptors (Lipinski definition) is 4. The number of allylic oxidation sites excluding steroid dienone is 1. The zero-order chi connectivity index (χ0) is 20.3. The van der Waals surface area contributed by atoms with Crippen LogP contribution in [0.4, 0.5) is 0 Å². The highest BCUT2D eigenvalue weighted by atomic mass is 16.5. The minimum Gasteiger partial charge on any atom is -0.463 e. The van der Waals surface area contributed by atoms with Crippen LogP contribution in [0.1, 0.15) is 79.1 Å². The zero-order valence-corrected chi connectivity index (χ0v) is 18.0. The fourth-order valence-corrected chi connectivity index (χ4v) is 8.00. The first kappa shape index (κ1) is 20.0. The van der Waals surface area contributed by atoms with Gasteiger partial charge in [0.15, 0.2) is 0 Å². The average Bonchev–Trinajstić information content (AvgIpc) is 2.90. The average molecular weight is 389 g/mol. The summed E-state index contributed by atoms with van der Waals surface area (Å²) in [6, 6.07) is 0. The molecular formula is C24H36O4. The Morgan fingerprint density at radius 2 is 1.68 bits per heavy atom. The van der Waals surface area contributed by atoms with E-state index in [0.717, 1.165) is 32.1 Å². The van der Waals surface area contributed by atoms with Crippen molar-refractivity contribution in [2.24, 2.45) is 34.5 Å². The number of hydrogen-bond donors (Lipinski definition) is 0. The molecule has 0 aromatic heterocycles. The number of esters is 2. The van der Waals surface area contributed by atoms with Crippen LogP contribution in [-0.4, -0.2) is 24.1 Å². The standard InChI is InChI=1S/C24H36O4/c1-14-13-24(5)20(8-9-21(24)28-16(3)26)19-7-6-17-12-18(27-15(2)25)10-11-23(17,4)22(14)19/h17-22H,1,6-13H2,2-5H3. The Bertz CT molecular complexity index is 684. The Labute approximate surface area is 169 Å². The molecule has 4 aliphatic carbocycles. The Balaban J connectivity index is 1.57. The van der Waals surface area contributed by atoms with E-state index >= 15 is 0 Å². The minimum absolute atomic E-state index is 0.0398. The van der Waals surface area contributed by atoms with Gasteiger partial charge < -0.3 is 9.47 Å². The molecule has 0 bridgehead atoms. The predicted molar refractivity (Wildman–Crippen MR) is 107 cm³/mol. The Morgan fingerprint density at radius 3 is 2.36 bits per heavy atom. The maximum Gasteiger partial charge on any atom is 0.302 e. The second-order valence-corrected chi connectivity index (χ2v) is 10.6. The van der Waals surface area contributed by atoms with Crippen LogP contribution in [-0.2, 0) is 19.1 Å². The number of rotatable bonds is 2. The molecule has 0 amide bonds. The molecule has 156 valence electrons. The number of carbonyl (C=O) groups is 2. The first-order valence-corrected chi connectivity index (χ1v) is 11.2. The second kappa shape index (κ2) is 6.88. The topological polar surface area (TPSA) is 52.6 Å². The molecule has 0 saturated heterocycles. The molecule has 4 aliphatic rings. The molecule has 0 heterocycles. The SMILES string of the molecule is C=C1CC2(C)C(OC(C)=O)CCC2C2CCC3CC(OC(C)=O)CCC3(C)C12. The summed E-state index contributed by atoms with van der Waals surface area (Å²) in [7, 11) is 0. The molecule has 8 atom stereocenters. The van der Waals surface area contributed by atoms with Gasteiger partial charge in [-0.1, -0.05) is 26.0 Å². The van der Waals surface area contributed by atoms with E-state index in [-0.39, 0.29) is 35.0 Å². The van der Waals surface area contributed by atoms with Gasteiger partial charge in [-0.25, -0.2) is 0 Å². The van der Waals surface area contributed by atoms with Crippen LogP contribution in [0.25, 0.3) is 0 Å². The lowest BCUT2D eigenvalue weighted by molar-refractivity contribution is -0.160. The van der Waals surface area contributed by atoms with Crippen LogP contribution in [0.15, 0.2) is 12.2 Å². The summed E-state index contributed by atoms with van der Waals surface area (Å²) < 4.78 is 11.3. The van der Waals surface area contributed by atoms with E-state index in [2.05, 4.69) is 20.4 Å². The molecular weight excluding hydrogens is 352 g/mol. The van der Waals surface area contributed by atoms with Crippen molar-refractivity contribution >= 4 is 11.9 Å². The summed E-state index contributed by atoms with van der Waals surface area (Å²) in [5.74, 6) is 2.13. The quantitative estimate of drug-likeness (QED) is 0.490. The Kier molecular flexibility index (Phi) is 4.91. The van der Waals surface area contributed by atoms with Gasteiger partial charge >= 0.3 is 11.9 Å². The van der Waals surface area contributed by atoms with Gasteiger partial charge in [0.2, 0.25) is 0 Å². The lowest BCUT2D eigenvalue weighted by Gasteiger charge is -2.61. The van der Waals surface area contributed by atoms with Crippen LogP contribution >= 0.6 is 0 Å². The van der Waals surface area contributed by atoms with E-state index in [1.165, 1.54) is 38.7 Å². The maximum absolute atomic E-state index is 11.6. The summed E-state index contributed by atoms with van der Waals surface area (Å²) >= 11 is 0. The Hall–Kier alpha value is -1.32. The van der Waals surface area contributed by atoms with Crippen LogP contribution in [0.2, 0.25) is 0 Å². The molecule has 0 N–H and O–H groups in total. The molecule has 8 unspecified atom stereocenters. The molecule has 28 heavy (non-hydrogen) atoms. The lowest BCUT2D eigenvalue weighted by Crippen LogP contribution is -2.55. The van der Waals surface area contributed by atoms with E-state index in [1.807, 2.05) is 0 Å². The minimum atomic E-state index is -0.154. The van der Waals surface area contributed by atoms with Crippen LogP contribution < -0.4 is 0 Å². The monoisotopic (exact) mass is 388 g/mol. The molecule has 4 nitrogen and oxygen atoms in total. The number of fused-ring (bicyclic) bond motifs is 5. The molecule has 4 rings (SSSR count). The van der Waals surface area contributed by atoms with Crippen molar-refractivity contribution in [2.45, 2.75) is 91.3 Å². The van der Waals surface area contributed by atoms with Gasteiger partial charge in [0, 0.05) is 19.3 Å². The normalized spacial score (nSPS) is 47.5. The van der Waals surface area contributed by atoms with Crippen LogP contribution in [0.5, 0.6) is 0 Å². The maximum atomic E-state index is 11.6. The molecule has 0 aromatic rings. The van der Waals surface area contributed by atoms with Gasteiger partial charge in [-0.15, -0.1) is 0 Å². The third kappa shape index (κ3) is 3.02. The first-order valence-electron chi connectivity index (χ1n) is 11.2. The van der Waals surface area contributed by atoms with E-state index in [1.54, 1.807) is 0 Å². The molecule has 0 spiro atoms. The third-order valence-corrected chi connectivity index (χ3v) is 9.00. The predicted octanol–water partition coefficient (Wildman–Crippen LogP) is 5.06. The molecule has 0 radical (unpaired) electrons. The van der Waals surface area contributed by atoms with Crippen molar-refractivity contribution in [2.75, 3.05) is 0 Å². The highest BCUT2D eigenvalue weighted by Crippen LogP contribution is 2.67. The Morgan fingerprint density at radius 1 is 0.964 bits per heavy atom. The van der Waals surface area contributed by atoms with Crippen molar-refractivity contribution in [1.82, 2.24) is 0 Å². The molecule has 4 fully saturated rings. The van der Waals surface area contributed by atoms with Crippen molar-refractivity contribution < 1.29 is 19.1 Å². The smallest absolute Gasteiger partial charge is 0.302 e. The van der Waals surface area contributed by atoms with Gasteiger partial charge in [0.25, 0.3) is 0 Å². The highest BCUT2D eigenvalue weighted by molar-refractivity contribution is 5.66.